The molecule has 2 rings (SSSR count). The summed E-state index contributed by atoms with van der Waals surface area (Å²) in [7, 11) is 0. The molecule has 4 nitrogen and oxygen atoms in total. The Morgan fingerprint density at radius 2 is 2.25 bits per heavy atom. The molecule has 2 aromatic rings. The smallest absolute Gasteiger partial charge is 0.113 e. The average Bonchev–Trinajstić information content (AvgIpc) is 2.77. The lowest BCUT2D eigenvalue weighted by molar-refractivity contribution is 0.802. The van der Waals surface area contributed by atoms with Crippen LogP contribution in [0.15, 0.2) is 30.9 Å². The molecule has 16 heavy (non-hydrogen) atoms. The van der Waals surface area contributed by atoms with Crippen LogP contribution in [0, 0.1) is 0 Å². The highest BCUT2D eigenvalue weighted by atomic mass is 15.1. The van der Waals surface area contributed by atoms with Gasteiger partial charge in [-0.1, -0.05) is 6.92 Å². The summed E-state index contributed by atoms with van der Waals surface area (Å²) in [4.78, 5) is 8.45. The molecule has 0 saturated heterocycles. The summed E-state index contributed by atoms with van der Waals surface area (Å²) in [6.07, 6.45) is 9.44. The first kappa shape index (κ1) is 10.8. The highest BCUT2D eigenvalue weighted by Gasteiger charge is 2.07. The molecule has 0 aliphatic heterocycles. The lowest BCUT2D eigenvalue weighted by Crippen LogP contribution is -2.07. The second kappa shape index (κ2) is 4.90. The van der Waals surface area contributed by atoms with Crippen LogP contribution in [-0.4, -0.2) is 14.5 Å². The zero-order valence-electron chi connectivity index (χ0n) is 9.43. The van der Waals surface area contributed by atoms with Gasteiger partial charge in [0.05, 0.1) is 5.69 Å². The maximum atomic E-state index is 5.71. The van der Waals surface area contributed by atoms with Crippen molar-refractivity contribution in [3.63, 3.8) is 0 Å². The van der Waals surface area contributed by atoms with E-state index >= 15 is 0 Å². The van der Waals surface area contributed by atoms with Gasteiger partial charge in [-0.25, -0.2) is 4.98 Å². The van der Waals surface area contributed by atoms with Crippen LogP contribution in [0.4, 0.5) is 0 Å². The van der Waals surface area contributed by atoms with Crippen molar-refractivity contribution in [3.05, 3.63) is 42.2 Å². The van der Waals surface area contributed by atoms with Crippen LogP contribution < -0.4 is 5.73 Å². The number of rotatable bonds is 4. The predicted octanol–water partition coefficient (Wildman–Crippen LogP) is 1.68. The van der Waals surface area contributed by atoms with Crippen molar-refractivity contribution in [2.45, 2.75) is 26.3 Å². The van der Waals surface area contributed by atoms with Crippen molar-refractivity contribution >= 4 is 0 Å². The number of nitrogens with two attached hydrogens (primary N) is 1. The molecule has 0 aromatic carbocycles. The van der Waals surface area contributed by atoms with Crippen LogP contribution in [-0.2, 0) is 13.0 Å². The first-order valence-corrected chi connectivity index (χ1v) is 5.52. The second-order valence-electron chi connectivity index (χ2n) is 3.67. The minimum absolute atomic E-state index is 0.493. The zero-order valence-corrected chi connectivity index (χ0v) is 9.43. The van der Waals surface area contributed by atoms with Crippen molar-refractivity contribution < 1.29 is 0 Å². The van der Waals surface area contributed by atoms with E-state index in [-0.39, 0.29) is 0 Å². The Kier molecular flexibility index (Phi) is 3.31. The number of aryl methyl sites for hydroxylation is 1. The van der Waals surface area contributed by atoms with Crippen LogP contribution in [0.2, 0.25) is 0 Å². The van der Waals surface area contributed by atoms with Crippen LogP contribution in [0.25, 0.3) is 5.69 Å². The van der Waals surface area contributed by atoms with Gasteiger partial charge in [-0.15, -0.1) is 0 Å². The standard InChI is InChI=1S/C12H16N4/c1-2-3-12-15-6-7-16(12)11-4-5-14-9-10(11)8-13/h4-7,9H,2-3,8,13H2,1H3. The minimum atomic E-state index is 0.493. The summed E-state index contributed by atoms with van der Waals surface area (Å²) in [5, 5.41) is 0. The molecule has 0 aliphatic rings. The van der Waals surface area contributed by atoms with Gasteiger partial charge in [-0.3, -0.25) is 4.98 Å². The van der Waals surface area contributed by atoms with E-state index in [1.807, 2.05) is 24.7 Å². The van der Waals surface area contributed by atoms with Gasteiger partial charge in [-0.05, 0) is 12.5 Å². The van der Waals surface area contributed by atoms with Gasteiger partial charge < -0.3 is 10.3 Å². The number of nitrogens with zero attached hydrogens (tertiary/aromatic N) is 3. The highest BCUT2D eigenvalue weighted by molar-refractivity contribution is 5.39. The van der Waals surface area contributed by atoms with Crippen molar-refractivity contribution in [2.75, 3.05) is 0 Å². The third-order valence-electron chi connectivity index (χ3n) is 2.55. The quantitative estimate of drug-likeness (QED) is 0.846. The van der Waals surface area contributed by atoms with E-state index in [9.17, 15) is 0 Å². The summed E-state index contributed by atoms with van der Waals surface area (Å²) in [5.74, 6) is 1.07. The molecule has 0 radical (unpaired) electrons. The van der Waals surface area contributed by atoms with E-state index in [0.717, 1.165) is 29.9 Å². The number of imidazole rings is 1. The Morgan fingerprint density at radius 1 is 1.38 bits per heavy atom. The molecule has 0 aliphatic carbocycles. The number of hydrogen-bond donors (Lipinski definition) is 1. The van der Waals surface area contributed by atoms with Gasteiger partial charge in [0.15, 0.2) is 0 Å². The molecular weight excluding hydrogens is 200 g/mol. The Balaban J connectivity index is 2.45. The van der Waals surface area contributed by atoms with E-state index in [1.165, 1.54) is 0 Å². The van der Waals surface area contributed by atoms with Gasteiger partial charge in [0, 0.05) is 43.3 Å². The maximum Gasteiger partial charge on any atom is 0.113 e. The van der Waals surface area contributed by atoms with Gasteiger partial charge in [0.2, 0.25) is 0 Å². The predicted molar refractivity (Wildman–Crippen MR) is 63.2 cm³/mol. The lowest BCUT2D eigenvalue weighted by Gasteiger charge is -2.10. The van der Waals surface area contributed by atoms with Crippen LogP contribution in [0.1, 0.15) is 24.7 Å². The molecule has 0 bridgehead atoms. The largest absolute Gasteiger partial charge is 0.326 e. The highest BCUT2D eigenvalue weighted by Crippen LogP contribution is 2.15. The van der Waals surface area contributed by atoms with E-state index in [1.54, 1.807) is 6.20 Å². The molecule has 2 N–H and O–H groups in total. The van der Waals surface area contributed by atoms with Crippen LogP contribution in [0.3, 0.4) is 0 Å². The third kappa shape index (κ3) is 1.97. The zero-order chi connectivity index (χ0) is 11.4. The molecule has 2 aromatic heterocycles. The third-order valence-corrected chi connectivity index (χ3v) is 2.55. The SMILES string of the molecule is CCCc1nccn1-c1ccncc1CN. The normalized spacial score (nSPS) is 10.6. The summed E-state index contributed by atoms with van der Waals surface area (Å²) >= 11 is 0. The van der Waals surface area contributed by atoms with Crippen molar-refractivity contribution in [3.8, 4) is 5.69 Å². The van der Waals surface area contributed by atoms with E-state index < -0.39 is 0 Å². The number of aromatic nitrogens is 3. The summed E-state index contributed by atoms with van der Waals surface area (Å²) in [6, 6.07) is 1.98. The van der Waals surface area contributed by atoms with Crippen LogP contribution >= 0.6 is 0 Å². The Bertz CT molecular complexity index is 462. The van der Waals surface area contributed by atoms with Crippen LogP contribution in [0.5, 0.6) is 0 Å². The molecule has 0 amide bonds. The Morgan fingerprint density at radius 3 is 3.00 bits per heavy atom. The van der Waals surface area contributed by atoms with Crippen molar-refractivity contribution in [2.24, 2.45) is 5.73 Å². The minimum Gasteiger partial charge on any atom is -0.326 e. The maximum absolute atomic E-state index is 5.71. The first-order chi connectivity index (χ1) is 7.86. The molecule has 0 saturated carbocycles. The van der Waals surface area contributed by atoms with E-state index in [4.69, 9.17) is 5.73 Å². The Labute approximate surface area is 95.1 Å². The Hall–Kier alpha value is -1.68. The summed E-state index contributed by atoms with van der Waals surface area (Å²) < 4.78 is 2.09. The van der Waals surface area contributed by atoms with Gasteiger partial charge in [-0.2, -0.15) is 0 Å². The van der Waals surface area contributed by atoms with Gasteiger partial charge in [0.1, 0.15) is 5.82 Å². The van der Waals surface area contributed by atoms with Crippen molar-refractivity contribution in [1.29, 1.82) is 0 Å². The van der Waals surface area contributed by atoms with Gasteiger partial charge >= 0.3 is 0 Å². The van der Waals surface area contributed by atoms with Crippen molar-refractivity contribution in [1.82, 2.24) is 14.5 Å². The molecule has 4 heteroatoms. The molecule has 0 atom stereocenters. The molecule has 0 unspecified atom stereocenters. The summed E-state index contributed by atoms with van der Waals surface area (Å²) in [5.41, 5.74) is 7.83. The molecule has 0 spiro atoms. The van der Waals surface area contributed by atoms with E-state index in [0.29, 0.717) is 6.54 Å². The van der Waals surface area contributed by atoms with E-state index in [2.05, 4.69) is 21.5 Å². The topological polar surface area (TPSA) is 56.7 Å². The molecule has 2 heterocycles. The molecule has 84 valence electrons. The van der Waals surface area contributed by atoms with Gasteiger partial charge in [0.25, 0.3) is 0 Å². The summed E-state index contributed by atoms with van der Waals surface area (Å²) in [6.45, 7) is 2.64. The fourth-order valence-corrected chi connectivity index (χ4v) is 1.77. The number of pyridine rings is 1. The number of hydrogen-bond acceptors (Lipinski definition) is 3. The molecule has 0 fully saturated rings. The lowest BCUT2D eigenvalue weighted by atomic mass is 10.2. The fourth-order valence-electron chi connectivity index (χ4n) is 1.77. The first-order valence-electron chi connectivity index (χ1n) is 5.52. The molecular formula is C12H16N4. The fraction of sp³-hybridized carbons (Fsp3) is 0.333. The monoisotopic (exact) mass is 216 g/mol. The average molecular weight is 216 g/mol. The second-order valence-corrected chi connectivity index (χ2v) is 3.67.